The molecule has 0 unspecified atom stereocenters. The van der Waals surface area contributed by atoms with Crippen LogP contribution in [0.15, 0.2) is 0 Å². The minimum Gasteiger partial charge on any atom is -0.444 e. The van der Waals surface area contributed by atoms with Gasteiger partial charge in [0.1, 0.15) is 11.6 Å². The zero-order valence-electron chi connectivity index (χ0n) is 14.0. The molecule has 1 N–H and O–H groups in total. The van der Waals surface area contributed by atoms with Crippen molar-refractivity contribution in [3.8, 4) is 0 Å². The van der Waals surface area contributed by atoms with Gasteiger partial charge in [0.05, 0.1) is 12.2 Å². The van der Waals surface area contributed by atoms with Gasteiger partial charge in [0.25, 0.3) is 0 Å². The number of Topliss-reactive ketones (excluding diaryl/α,β-unsaturated/α-hetero) is 1. The molecule has 0 aliphatic heterocycles. The normalized spacial score (nSPS) is 14.1. The first-order valence-corrected chi connectivity index (χ1v) is 6.99. The zero-order chi connectivity index (χ0) is 16.1. The lowest BCUT2D eigenvalue weighted by atomic mass is 10.0. The number of ketones is 1. The average Bonchev–Trinajstić information content (AvgIpc) is 2.19. The second-order valence-electron chi connectivity index (χ2n) is 7.18. The molecule has 0 saturated heterocycles. The van der Waals surface area contributed by atoms with E-state index in [2.05, 4.69) is 5.32 Å². The first-order valence-electron chi connectivity index (χ1n) is 6.99. The highest BCUT2D eigenvalue weighted by molar-refractivity contribution is 5.88. The summed E-state index contributed by atoms with van der Waals surface area (Å²) < 4.78 is 10.8. The maximum atomic E-state index is 12.1. The van der Waals surface area contributed by atoms with Gasteiger partial charge < -0.3 is 14.8 Å². The fraction of sp³-hybridized carbons (Fsp3) is 0.867. The number of alkyl carbamates (subject to hydrolysis) is 1. The maximum absolute atomic E-state index is 12.1. The van der Waals surface area contributed by atoms with Crippen molar-refractivity contribution in [3.05, 3.63) is 0 Å². The van der Waals surface area contributed by atoms with Crippen molar-refractivity contribution in [1.29, 1.82) is 0 Å². The van der Waals surface area contributed by atoms with E-state index in [1.165, 1.54) is 0 Å². The maximum Gasteiger partial charge on any atom is 0.408 e. The molecule has 0 rings (SSSR count). The van der Waals surface area contributed by atoms with Crippen LogP contribution in [0.3, 0.4) is 0 Å². The van der Waals surface area contributed by atoms with Gasteiger partial charge in [-0.05, 0) is 41.5 Å². The van der Waals surface area contributed by atoms with E-state index in [1.807, 2.05) is 20.8 Å². The molecule has 118 valence electrons. The molecule has 5 heteroatoms. The van der Waals surface area contributed by atoms with Crippen LogP contribution in [-0.4, -0.2) is 35.7 Å². The number of carbonyl (C=O) groups excluding carboxylic acids is 2. The standard InChI is InChI=1S/C15H29NO4/c1-10(2)12(17)11(9-19-14(3,4)5)16-13(18)20-15(6,7)8/h10-11H,9H2,1-8H3,(H,16,18)/t11-/m0/s1. The van der Waals surface area contributed by atoms with E-state index in [9.17, 15) is 9.59 Å². The molecule has 0 spiro atoms. The Labute approximate surface area is 122 Å². The summed E-state index contributed by atoms with van der Waals surface area (Å²) in [6.07, 6.45) is -0.603. The van der Waals surface area contributed by atoms with E-state index in [4.69, 9.17) is 9.47 Å². The number of ether oxygens (including phenoxy) is 2. The van der Waals surface area contributed by atoms with Crippen molar-refractivity contribution < 1.29 is 19.1 Å². The molecule has 0 saturated carbocycles. The Morgan fingerprint density at radius 2 is 1.50 bits per heavy atom. The van der Waals surface area contributed by atoms with Gasteiger partial charge in [0.15, 0.2) is 5.78 Å². The molecule has 20 heavy (non-hydrogen) atoms. The van der Waals surface area contributed by atoms with E-state index >= 15 is 0 Å². The smallest absolute Gasteiger partial charge is 0.408 e. The van der Waals surface area contributed by atoms with E-state index in [-0.39, 0.29) is 23.9 Å². The Morgan fingerprint density at radius 1 is 1.00 bits per heavy atom. The molecule has 0 aliphatic rings. The van der Waals surface area contributed by atoms with Crippen molar-refractivity contribution in [1.82, 2.24) is 5.32 Å². The number of amides is 1. The van der Waals surface area contributed by atoms with Crippen LogP contribution in [0.2, 0.25) is 0 Å². The molecular formula is C15H29NO4. The number of nitrogens with one attached hydrogen (secondary N) is 1. The number of rotatable bonds is 5. The highest BCUT2D eigenvalue weighted by Gasteiger charge is 2.27. The van der Waals surface area contributed by atoms with Gasteiger partial charge in [-0.1, -0.05) is 13.8 Å². The molecular weight excluding hydrogens is 258 g/mol. The predicted octanol–water partition coefficient (Wildman–Crippen LogP) is 2.92. The van der Waals surface area contributed by atoms with Crippen LogP contribution in [0.1, 0.15) is 55.4 Å². The first-order chi connectivity index (χ1) is 8.82. The lowest BCUT2D eigenvalue weighted by Gasteiger charge is -2.27. The lowest BCUT2D eigenvalue weighted by Crippen LogP contribution is -2.48. The number of carbonyl (C=O) groups is 2. The summed E-state index contributed by atoms with van der Waals surface area (Å²) in [6.45, 7) is 14.8. The van der Waals surface area contributed by atoms with Gasteiger partial charge in [0.2, 0.25) is 0 Å². The molecule has 0 aromatic carbocycles. The zero-order valence-corrected chi connectivity index (χ0v) is 14.0. The van der Waals surface area contributed by atoms with Crippen molar-refractivity contribution in [2.24, 2.45) is 5.92 Å². The van der Waals surface area contributed by atoms with Gasteiger partial charge in [-0.25, -0.2) is 4.79 Å². The molecule has 0 aromatic rings. The predicted molar refractivity (Wildman–Crippen MR) is 78.7 cm³/mol. The summed E-state index contributed by atoms with van der Waals surface area (Å²) >= 11 is 0. The Hall–Kier alpha value is -1.10. The summed E-state index contributed by atoms with van der Waals surface area (Å²) in [6, 6.07) is -0.691. The molecule has 0 bridgehead atoms. The minimum absolute atomic E-state index is 0.0693. The molecule has 0 aliphatic carbocycles. The quantitative estimate of drug-likeness (QED) is 0.844. The third-order valence-electron chi connectivity index (χ3n) is 2.29. The fourth-order valence-electron chi connectivity index (χ4n) is 1.38. The van der Waals surface area contributed by atoms with Crippen molar-refractivity contribution in [2.75, 3.05) is 6.61 Å². The summed E-state index contributed by atoms with van der Waals surface area (Å²) in [5.41, 5.74) is -0.967. The van der Waals surface area contributed by atoms with Crippen LogP contribution in [0.5, 0.6) is 0 Å². The molecule has 0 aromatic heterocycles. The van der Waals surface area contributed by atoms with E-state index < -0.39 is 17.7 Å². The second-order valence-corrected chi connectivity index (χ2v) is 7.18. The van der Waals surface area contributed by atoms with Gasteiger partial charge in [-0.15, -0.1) is 0 Å². The van der Waals surface area contributed by atoms with Crippen molar-refractivity contribution in [3.63, 3.8) is 0 Å². The molecule has 1 atom stereocenters. The highest BCUT2D eigenvalue weighted by atomic mass is 16.6. The number of hydrogen-bond acceptors (Lipinski definition) is 4. The van der Waals surface area contributed by atoms with Crippen molar-refractivity contribution >= 4 is 11.9 Å². The van der Waals surface area contributed by atoms with Gasteiger partial charge in [0, 0.05) is 5.92 Å². The number of hydrogen-bond donors (Lipinski definition) is 1. The molecule has 0 heterocycles. The SMILES string of the molecule is CC(C)C(=O)[C@H](COC(C)(C)C)NC(=O)OC(C)(C)C. The lowest BCUT2D eigenvalue weighted by molar-refractivity contribution is -0.127. The second kappa shape index (κ2) is 7.07. The van der Waals surface area contributed by atoms with Crippen LogP contribution in [0.25, 0.3) is 0 Å². The topological polar surface area (TPSA) is 64.6 Å². The molecule has 0 radical (unpaired) electrons. The van der Waals surface area contributed by atoms with E-state index in [0.717, 1.165) is 0 Å². The van der Waals surface area contributed by atoms with E-state index in [0.29, 0.717) is 0 Å². The van der Waals surface area contributed by atoms with Crippen LogP contribution in [0.4, 0.5) is 4.79 Å². The average molecular weight is 287 g/mol. The Morgan fingerprint density at radius 3 is 1.85 bits per heavy atom. The third kappa shape index (κ3) is 8.91. The van der Waals surface area contributed by atoms with E-state index in [1.54, 1.807) is 34.6 Å². The van der Waals surface area contributed by atoms with Gasteiger partial charge in [-0.3, -0.25) is 4.79 Å². The minimum atomic E-state index is -0.691. The summed E-state index contributed by atoms with van der Waals surface area (Å²) in [7, 11) is 0. The molecule has 5 nitrogen and oxygen atoms in total. The van der Waals surface area contributed by atoms with Crippen LogP contribution < -0.4 is 5.32 Å². The Kier molecular flexibility index (Phi) is 6.68. The summed E-state index contributed by atoms with van der Waals surface area (Å²) in [5.74, 6) is -0.251. The van der Waals surface area contributed by atoms with Gasteiger partial charge in [-0.2, -0.15) is 0 Å². The van der Waals surface area contributed by atoms with Crippen LogP contribution in [-0.2, 0) is 14.3 Å². The fourth-order valence-corrected chi connectivity index (χ4v) is 1.38. The third-order valence-corrected chi connectivity index (χ3v) is 2.29. The first kappa shape index (κ1) is 18.9. The molecule has 1 amide bonds. The van der Waals surface area contributed by atoms with Crippen LogP contribution >= 0.6 is 0 Å². The summed E-state index contributed by atoms with van der Waals surface area (Å²) in [5, 5.41) is 2.59. The van der Waals surface area contributed by atoms with Crippen molar-refractivity contribution in [2.45, 2.75) is 72.6 Å². The molecule has 0 fully saturated rings. The largest absolute Gasteiger partial charge is 0.444 e. The summed E-state index contributed by atoms with van der Waals surface area (Å²) in [4.78, 5) is 23.9. The van der Waals surface area contributed by atoms with Crippen LogP contribution in [0, 0.1) is 5.92 Å². The Balaban J connectivity index is 4.70. The highest BCUT2D eigenvalue weighted by Crippen LogP contribution is 2.11. The monoisotopic (exact) mass is 287 g/mol. The Bertz CT molecular complexity index is 337. The van der Waals surface area contributed by atoms with Gasteiger partial charge >= 0.3 is 6.09 Å².